The fourth-order valence-corrected chi connectivity index (χ4v) is 2.75. The third-order valence-electron chi connectivity index (χ3n) is 3.77. The molecule has 0 spiro atoms. The molecule has 0 bridgehead atoms. The van der Waals surface area contributed by atoms with E-state index in [4.69, 9.17) is 23.2 Å². The predicted molar refractivity (Wildman–Crippen MR) is 91.7 cm³/mol. The fourth-order valence-electron chi connectivity index (χ4n) is 2.40. The van der Waals surface area contributed by atoms with Crippen LogP contribution in [0.4, 0.5) is 15.8 Å². The topological polar surface area (TPSA) is 58.2 Å². The van der Waals surface area contributed by atoms with Crippen LogP contribution < -0.4 is 10.6 Å². The Bertz CT molecular complexity index is 813. The Balaban J connectivity index is 1.59. The summed E-state index contributed by atoms with van der Waals surface area (Å²) in [6.45, 7) is 0. The second-order valence-electron chi connectivity index (χ2n) is 5.54. The molecule has 2 amide bonds. The Hall–Kier alpha value is -2.11. The largest absolute Gasteiger partial charge is 0.326 e. The van der Waals surface area contributed by atoms with Gasteiger partial charge in [-0.25, -0.2) is 4.39 Å². The summed E-state index contributed by atoms with van der Waals surface area (Å²) in [5, 5.41) is 5.88. The highest BCUT2D eigenvalue weighted by molar-refractivity contribution is 6.44. The van der Waals surface area contributed by atoms with Crippen LogP contribution in [-0.2, 0) is 9.59 Å². The number of anilines is 2. The summed E-state index contributed by atoms with van der Waals surface area (Å²) in [4.78, 5) is 24.3. The summed E-state index contributed by atoms with van der Waals surface area (Å²) in [6, 6.07) is 10.5. The first-order chi connectivity index (χ1) is 11.5. The predicted octanol–water partition coefficient (Wildman–Crippen LogP) is 4.35. The number of hydrogen-bond acceptors (Lipinski definition) is 2. The van der Waals surface area contributed by atoms with Gasteiger partial charge in [0.05, 0.1) is 27.6 Å². The van der Waals surface area contributed by atoms with Gasteiger partial charge in [-0.3, -0.25) is 9.59 Å². The summed E-state index contributed by atoms with van der Waals surface area (Å²) in [5.41, 5.74) is 0.772. The van der Waals surface area contributed by atoms with Gasteiger partial charge in [0.1, 0.15) is 5.82 Å². The molecule has 1 fully saturated rings. The number of hydrogen-bond donors (Lipinski definition) is 2. The van der Waals surface area contributed by atoms with Crippen molar-refractivity contribution in [3.63, 3.8) is 0 Å². The van der Waals surface area contributed by atoms with Crippen molar-refractivity contribution >= 4 is 46.4 Å². The number of nitrogens with one attached hydrogen (secondary N) is 2. The number of carbonyl (C=O) groups excluding carboxylic acids is 2. The molecule has 0 heterocycles. The average molecular weight is 367 g/mol. The smallest absolute Gasteiger partial charge is 0.228 e. The van der Waals surface area contributed by atoms with Crippen molar-refractivity contribution in [1.82, 2.24) is 0 Å². The molecule has 24 heavy (non-hydrogen) atoms. The summed E-state index contributed by atoms with van der Waals surface area (Å²) in [5.74, 6) is -1.91. The van der Waals surface area contributed by atoms with E-state index in [9.17, 15) is 14.0 Å². The van der Waals surface area contributed by atoms with Crippen LogP contribution in [0.5, 0.6) is 0 Å². The highest BCUT2D eigenvalue weighted by atomic mass is 35.5. The second kappa shape index (κ2) is 6.79. The fraction of sp³-hybridized carbons (Fsp3) is 0.176. The maximum Gasteiger partial charge on any atom is 0.228 e. The minimum atomic E-state index is -0.439. The molecule has 0 saturated heterocycles. The van der Waals surface area contributed by atoms with Crippen molar-refractivity contribution in [2.75, 3.05) is 10.6 Å². The molecule has 1 aliphatic rings. The molecule has 2 aromatic carbocycles. The van der Waals surface area contributed by atoms with Crippen molar-refractivity contribution < 1.29 is 14.0 Å². The molecular weight excluding hydrogens is 354 g/mol. The normalized spacial score (nSPS) is 18.8. The van der Waals surface area contributed by atoms with Gasteiger partial charge in [-0.1, -0.05) is 35.3 Å². The van der Waals surface area contributed by atoms with E-state index in [1.807, 2.05) is 0 Å². The lowest BCUT2D eigenvalue weighted by Gasteiger charge is -2.08. The van der Waals surface area contributed by atoms with Gasteiger partial charge in [0, 0.05) is 5.69 Å². The van der Waals surface area contributed by atoms with E-state index in [0.29, 0.717) is 22.8 Å². The lowest BCUT2D eigenvalue weighted by atomic mass is 10.2. The van der Waals surface area contributed by atoms with Crippen LogP contribution in [0.15, 0.2) is 42.5 Å². The van der Waals surface area contributed by atoms with Gasteiger partial charge < -0.3 is 10.6 Å². The molecular formula is C17H13Cl2FN2O2. The first-order valence-electron chi connectivity index (χ1n) is 7.27. The Kier molecular flexibility index (Phi) is 4.73. The van der Waals surface area contributed by atoms with Gasteiger partial charge >= 0.3 is 0 Å². The van der Waals surface area contributed by atoms with Crippen molar-refractivity contribution in [3.05, 3.63) is 58.3 Å². The van der Waals surface area contributed by atoms with E-state index >= 15 is 0 Å². The van der Waals surface area contributed by atoms with Gasteiger partial charge in [-0.05, 0) is 36.8 Å². The first kappa shape index (κ1) is 16.7. The van der Waals surface area contributed by atoms with Crippen LogP contribution >= 0.6 is 23.2 Å². The van der Waals surface area contributed by atoms with Crippen LogP contribution in [0.3, 0.4) is 0 Å². The molecule has 3 rings (SSSR count). The highest BCUT2D eigenvalue weighted by Gasteiger charge is 2.48. The number of benzene rings is 2. The third-order valence-corrected chi connectivity index (χ3v) is 4.58. The molecule has 0 aliphatic heterocycles. The SMILES string of the molecule is O=C(Nc1cccc(F)c1)C1CC1C(=O)Nc1cccc(Cl)c1Cl. The zero-order valence-corrected chi connectivity index (χ0v) is 13.9. The quantitative estimate of drug-likeness (QED) is 0.844. The molecule has 1 aliphatic carbocycles. The Morgan fingerprint density at radius 2 is 1.67 bits per heavy atom. The summed E-state index contributed by atoms with van der Waals surface area (Å²) in [6.07, 6.45) is 0.436. The van der Waals surface area contributed by atoms with Gasteiger partial charge in [-0.15, -0.1) is 0 Å². The van der Waals surface area contributed by atoms with E-state index < -0.39 is 17.7 Å². The Morgan fingerprint density at radius 1 is 1.00 bits per heavy atom. The second-order valence-corrected chi connectivity index (χ2v) is 6.32. The molecule has 2 unspecified atom stereocenters. The molecule has 1 saturated carbocycles. The molecule has 2 N–H and O–H groups in total. The summed E-state index contributed by atoms with van der Waals surface area (Å²) in [7, 11) is 0. The lowest BCUT2D eigenvalue weighted by molar-refractivity contribution is -0.122. The first-order valence-corrected chi connectivity index (χ1v) is 8.02. The van der Waals surface area contributed by atoms with E-state index in [-0.39, 0.29) is 16.8 Å². The Morgan fingerprint density at radius 3 is 2.38 bits per heavy atom. The number of rotatable bonds is 4. The van der Waals surface area contributed by atoms with Crippen molar-refractivity contribution in [2.45, 2.75) is 6.42 Å². The number of halogens is 3. The maximum atomic E-state index is 13.1. The summed E-state index contributed by atoms with van der Waals surface area (Å²) < 4.78 is 13.1. The maximum absolute atomic E-state index is 13.1. The summed E-state index contributed by atoms with van der Waals surface area (Å²) >= 11 is 11.9. The number of amides is 2. The zero-order chi connectivity index (χ0) is 17.3. The standard InChI is InChI=1S/C17H13Cl2FN2O2/c18-13-5-2-6-14(15(13)19)22-17(24)12-8-11(12)16(23)21-10-4-1-3-9(20)7-10/h1-7,11-12H,8H2,(H,21,23)(H,22,24). The number of carbonyl (C=O) groups is 2. The third kappa shape index (κ3) is 3.68. The van der Waals surface area contributed by atoms with E-state index in [2.05, 4.69) is 10.6 Å². The Labute approximate surface area is 148 Å². The van der Waals surface area contributed by atoms with E-state index in [1.54, 1.807) is 24.3 Å². The molecule has 7 heteroatoms. The van der Waals surface area contributed by atoms with Crippen LogP contribution in [-0.4, -0.2) is 11.8 Å². The molecule has 2 atom stereocenters. The molecule has 4 nitrogen and oxygen atoms in total. The van der Waals surface area contributed by atoms with Crippen molar-refractivity contribution in [1.29, 1.82) is 0 Å². The van der Waals surface area contributed by atoms with Crippen molar-refractivity contribution in [2.24, 2.45) is 11.8 Å². The van der Waals surface area contributed by atoms with Crippen molar-refractivity contribution in [3.8, 4) is 0 Å². The van der Waals surface area contributed by atoms with Gasteiger partial charge in [0.25, 0.3) is 0 Å². The highest BCUT2D eigenvalue weighted by Crippen LogP contribution is 2.41. The van der Waals surface area contributed by atoms with E-state index in [0.717, 1.165) is 0 Å². The van der Waals surface area contributed by atoms with Gasteiger partial charge in [-0.2, -0.15) is 0 Å². The van der Waals surface area contributed by atoms with Crippen LogP contribution in [0.25, 0.3) is 0 Å². The van der Waals surface area contributed by atoms with Crippen LogP contribution in [0.2, 0.25) is 10.0 Å². The monoisotopic (exact) mass is 366 g/mol. The average Bonchev–Trinajstić information content (AvgIpc) is 3.32. The molecule has 0 radical (unpaired) electrons. The van der Waals surface area contributed by atoms with Gasteiger partial charge in [0.2, 0.25) is 11.8 Å². The van der Waals surface area contributed by atoms with Crippen LogP contribution in [0, 0.1) is 17.7 Å². The lowest BCUT2D eigenvalue weighted by Crippen LogP contribution is -2.20. The molecule has 2 aromatic rings. The van der Waals surface area contributed by atoms with E-state index in [1.165, 1.54) is 18.2 Å². The minimum Gasteiger partial charge on any atom is -0.326 e. The van der Waals surface area contributed by atoms with Crippen LogP contribution in [0.1, 0.15) is 6.42 Å². The van der Waals surface area contributed by atoms with Gasteiger partial charge in [0.15, 0.2) is 0 Å². The molecule has 124 valence electrons. The minimum absolute atomic E-state index is 0.258. The molecule has 0 aromatic heterocycles. The zero-order valence-electron chi connectivity index (χ0n) is 12.4.